The van der Waals surface area contributed by atoms with Gasteiger partial charge in [0, 0.05) is 36.5 Å². The number of hydrogen-bond acceptors (Lipinski definition) is 5. The Balaban J connectivity index is 1.83. The number of aryl methyl sites for hydroxylation is 1. The molecule has 1 aromatic carbocycles. The first-order valence-corrected chi connectivity index (χ1v) is 8.52. The number of fused-ring (bicyclic) bond motifs is 2. The number of nitrogens with one attached hydrogen (secondary N) is 1. The minimum absolute atomic E-state index is 0.0994. The summed E-state index contributed by atoms with van der Waals surface area (Å²) in [6, 6.07) is 9.07. The Morgan fingerprint density at radius 2 is 2.12 bits per heavy atom. The molecule has 0 aliphatic carbocycles. The lowest BCUT2D eigenvalue weighted by Crippen LogP contribution is -2.23. The number of benzene rings is 1. The topological polar surface area (TPSA) is 90.1 Å². The Kier molecular flexibility index (Phi) is 3.88. The van der Waals surface area contributed by atoms with Crippen LogP contribution in [0.5, 0.6) is 0 Å². The van der Waals surface area contributed by atoms with Gasteiger partial charge in [-0.3, -0.25) is 19.5 Å². The first-order chi connectivity index (χ1) is 12.4. The average molecular weight is 371 g/mol. The highest BCUT2D eigenvalue weighted by Crippen LogP contribution is 2.28. The molecule has 0 amide bonds. The predicted molar refractivity (Wildman–Crippen MR) is 100 cm³/mol. The lowest BCUT2D eigenvalue weighted by molar-refractivity contribution is -0.384. The van der Waals surface area contributed by atoms with Crippen molar-refractivity contribution in [2.24, 2.45) is 0 Å². The van der Waals surface area contributed by atoms with E-state index in [2.05, 4.69) is 10.3 Å². The van der Waals surface area contributed by atoms with Crippen molar-refractivity contribution in [1.82, 2.24) is 9.55 Å². The van der Waals surface area contributed by atoms with E-state index in [1.54, 1.807) is 0 Å². The van der Waals surface area contributed by atoms with Crippen molar-refractivity contribution in [3.63, 3.8) is 0 Å². The third kappa shape index (κ3) is 2.70. The number of aromatic nitrogens is 2. The van der Waals surface area contributed by atoms with Crippen molar-refractivity contribution in [2.75, 3.05) is 11.9 Å². The van der Waals surface area contributed by atoms with Gasteiger partial charge in [0.25, 0.3) is 5.56 Å². The van der Waals surface area contributed by atoms with E-state index < -0.39 is 4.92 Å². The van der Waals surface area contributed by atoms with Crippen molar-refractivity contribution >= 4 is 34.0 Å². The molecule has 1 aliphatic rings. The molecular formula is C18H15ClN4O3. The zero-order valence-electron chi connectivity index (χ0n) is 14.0. The van der Waals surface area contributed by atoms with Crippen molar-refractivity contribution in [2.45, 2.75) is 19.9 Å². The number of nitrogens with zero attached hydrogens (tertiary/aromatic N) is 3. The molecule has 8 heteroatoms. The van der Waals surface area contributed by atoms with Gasteiger partial charge in [0.05, 0.1) is 10.4 Å². The van der Waals surface area contributed by atoms with Crippen LogP contribution in [0.15, 0.2) is 35.1 Å². The first-order valence-electron chi connectivity index (χ1n) is 8.15. The van der Waals surface area contributed by atoms with Gasteiger partial charge in [-0.15, -0.1) is 0 Å². The van der Waals surface area contributed by atoms with Crippen molar-refractivity contribution in [1.29, 1.82) is 0 Å². The van der Waals surface area contributed by atoms with Gasteiger partial charge >= 0.3 is 5.69 Å². The van der Waals surface area contributed by atoms with Crippen LogP contribution < -0.4 is 10.9 Å². The molecule has 4 rings (SSSR count). The smallest absolute Gasteiger partial charge is 0.310 e. The Morgan fingerprint density at radius 1 is 1.31 bits per heavy atom. The normalized spacial score (nSPS) is 12.8. The molecule has 0 saturated heterocycles. The maximum atomic E-state index is 12.7. The van der Waals surface area contributed by atoms with Crippen molar-refractivity contribution in [3.8, 4) is 0 Å². The van der Waals surface area contributed by atoms with Gasteiger partial charge in [-0.1, -0.05) is 23.7 Å². The number of hydrogen-bond donors (Lipinski definition) is 1. The fraction of sp³-hybridized carbons (Fsp3) is 0.222. The summed E-state index contributed by atoms with van der Waals surface area (Å²) in [5.74, 6) is 0.266. The summed E-state index contributed by atoms with van der Waals surface area (Å²) < 4.78 is 1.42. The average Bonchev–Trinajstić information content (AvgIpc) is 3.07. The van der Waals surface area contributed by atoms with Crippen molar-refractivity contribution in [3.05, 3.63) is 72.6 Å². The number of pyridine rings is 2. The van der Waals surface area contributed by atoms with E-state index in [4.69, 9.17) is 11.6 Å². The van der Waals surface area contributed by atoms with Gasteiger partial charge in [-0.05, 0) is 30.2 Å². The summed E-state index contributed by atoms with van der Waals surface area (Å²) in [6.07, 6.45) is 0.190. The van der Waals surface area contributed by atoms with Crippen LogP contribution in [-0.4, -0.2) is 21.0 Å². The summed E-state index contributed by atoms with van der Waals surface area (Å²) in [6.45, 7) is 2.88. The van der Waals surface area contributed by atoms with Gasteiger partial charge in [0.1, 0.15) is 5.15 Å². The van der Waals surface area contributed by atoms with E-state index >= 15 is 0 Å². The first kappa shape index (κ1) is 16.5. The van der Waals surface area contributed by atoms with E-state index in [1.807, 2.05) is 31.2 Å². The largest absolute Gasteiger partial charge is 0.364 e. The Bertz CT molecular complexity index is 1120. The van der Waals surface area contributed by atoms with Crippen LogP contribution in [0.4, 0.5) is 11.5 Å². The monoisotopic (exact) mass is 370 g/mol. The van der Waals surface area contributed by atoms with E-state index in [0.29, 0.717) is 29.4 Å². The minimum atomic E-state index is -0.476. The highest BCUT2D eigenvalue weighted by Gasteiger charge is 2.26. The Labute approximate surface area is 153 Å². The zero-order valence-corrected chi connectivity index (χ0v) is 14.7. The van der Waals surface area contributed by atoms with Crippen LogP contribution in [0.3, 0.4) is 0 Å². The molecule has 0 radical (unpaired) electrons. The van der Waals surface area contributed by atoms with Gasteiger partial charge in [0.15, 0.2) is 5.82 Å². The maximum absolute atomic E-state index is 12.7. The zero-order chi connectivity index (χ0) is 18.4. The molecule has 3 aromatic rings. The molecule has 132 valence electrons. The molecule has 0 unspecified atom stereocenters. The number of anilines is 1. The third-order valence-electron chi connectivity index (χ3n) is 4.55. The Hall–Kier alpha value is -2.93. The van der Waals surface area contributed by atoms with Crippen LogP contribution >= 0.6 is 11.6 Å². The molecule has 0 fully saturated rings. The van der Waals surface area contributed by atoms with Gasteiger partial charge in [0.2, 0.25) is 0 Å². The second-order valence-electron chi connectivity index (χ2n) is 6.36. The summed E-state index contributed by atoms with van der Waals surface area (Å²) in [7, 11) is 0. The van der Waals surface area contributed by atoms with Gasteiger partial charge < -0.3 is 5.32 Å². The molecule has 0 atom stereocenters. The Morgan fingerprint density at radius 3 is 2.88 bits per heavy atom. The molecule has 0 saturated carbocycles. The van der Waals surface area contributed by atoms with Crippen LogP contribution in [-0.2, 0) is 13.0 Å². The summed E-state index contributed by atoms with van der Waals surface area (Å²) in [5, 5.41) is 15.5. The lowest BCUT2D eigenvalue weighted by atomic mass is 10.0. The second kappa shape index (κ2) is 6.10. The number of nitro groups is 1. The van der Waals surface area contributed by atoms with Gasteiger partial charge in [-0.2, -0.15) is 0 Å². The van der Waals surface area contributed by atoms with Gasteiger partial charge in [-0.25, -0.2) is 4.98 Å². The SMILES string of the molecule is Cc1ccc2cc(Cc3cc([N+](=O)[O-])c4n(c3=O)CCN4)c(Cl)nc2c1. The molecule has 3 heterocycles. The third-order valence-corrected chi connectivity index (χ3v) is 4.88. The van der Waals surface area contributed by atoms with Crippen molar-refractivity contribution < 1.29 is 4.92 Å². The minimum Gasteiger partial charge on any atom is -0.364 e. The summed E-state index contributed by atoms with van der Waals surface area (Å²) in [4.78, 5) is 28.0. The summed E-state index contributed by atoms with van der Waals surface area (Å²) in [5.41, 5.74) is 2.52. The van der Waals surface area contributed by atoms with Crippen LogP contribution in [0, 0.1) is 17.0 Å². The molecule has 0 spiro atoms. The van der Waals surface area contributed by atoms with E-state index in [0.717, 1.165) is 16.5 Å². The fourth-order valence-corrected chi connectivity index (χ4v) is 3.50. The standard InChI is InChI=1S/C18H15ClN4O3/c1-10-2-3-11-7-12(16(19)21-14(11)6-10)8-13-9-15(23(25)26)17-20-4-5-22(17)18(13)24/h2-3,6-7,9,20H,4-5,8H2,1H3. The molecular weight excluding hydrogens is 356 g/mol. The lowest BCUT2D eigenvalue weighted by Gasteiger charge is -2.09. The van der Waals surface area contributed by atoms with Crippen LogP contribution in [0.1, 0.15) is 16.7 Å². The van der Waals surface area contributed by atoms with E-state index in [-0.39, 0.29) is 23.5 Å². The molecule has 26 heavy (non-hydrogen) atoms. The highest BCUT2D eigenvalue weighted by molar-refractivity contribution is 6.30. The van der Waals surface area contributed by atoms with Crippen LogP contribution in [0.2, 0.25) is 5.15 Å². The number of halogens is 1. The summed E-state index contributed by atoms with van der Waals surface area (Å²) >= 11 is 6.31. The molecule has 1 aliphatic heterocycles. The highest BCUT2D eigenvalue weighted by atomic mass is 35.5. The molecule has 0 bridgehead atoms. The van der Waals surface area contributed by atoms with Crippen LogP contribution in [0.25, 0.3) is 10.9 Å². The van der Waals surface area contributed by atoms with E-state index in [9.17, 15) is 14.9 Å². The molecule has 1 N–H and O–H groups in total. The molecule has 2 aromatic heterocycles. The predicted octanol–water partition coefficient (Wildman–Crippen LogP) is 3.28. The number of rotatable bonds is 3. The fourth-order valence-electron chi connectivity index (χ4n) is 3.29. The molecule has 7 nitrogen and oxygen atoms in total. The quantitative estimate of drug-likeness (QED) is 0.434. The maximum Gasteiger partial charge on any atom is 0.310 e. The van der Waals surface area contributed by atoms with E-state index in [1.165, 1.54) is 10.6 Å². The second-order valence-corrected chi connectivity index (χ2v) is 6.71.